The molecule has 0 saturated heterocycles. The van der Waals surface area contributed by atoms with Crippen molar-refractivity contribution in [1.29, 1.82) is 0 Å². The fraction of sp³-hybridized carbons (Fsp3) is 0.643. The Morgan fingerprint density at radius 2 is 1.93 bits per heavy atom. The summed E-state index contributed by atoms with van der Waals surface area (Å²) in [5, 5.41) is 0. The monoisotopic (exact) mass is 206 g/mol. The van der Waals surface area contributed by atoms with Crippen molar-refractivity contribution in [3.63, 3.8) is 0 Å². The second kappa shape index (κ2) is 4.34. The first-order valence-electron chi connectivity index (χ1n) is 5.74. The van der Waals surface area contributed by atoms with Gasteiger partial charge in [0.2, 0.25) is 0 Å². The van der Waals surface area contributed by atoms with E-state index in [9.17, 15) is 4.79 Å². The van der Waals surface area contributed by atoms with Crippen LogP contribution in [0.5, 0.6) is 0 Å². The molecule has 0 radical (unpaired) electrons. The molecule has 0 bridgehead atoms. The first kappa shape index (κ1) is 12.2. The van der Waals surface area contributed by atoms with Gasteiger partial charge in [-0.25, -0.2) is 0 Å². The maximum atomic E-state index is 11.2. The molecule has 0 aromatic rings. The SMILES string of the molecule is CC(=O)/C(C)=C/C1=C(C)C(C)(C)CCC1. The number of hydrogen-bond donors (Lipinski definition) is 0. The fourth-order valence-corrected chi connectivity index (χ4v) is 2.07. The predicted molar refractivity (Wildman–Crippen MR) is 64.8 cm³/mol. The van der Waals surface area contributed by atoms with Crippen LogP contribution in [0.4, 0.5) is 0 Å². The Morgan fingerprint density at radius 1 is 1.33 bits per heavy atom. The van der Waals surface area contributed by atoms with Crippen LogP contribution < -0.4 is 0 Å². The Bertz CT molecular complexity index is 329. The van der Waals surface area contributed by atoms with Crippen LogP contribution in [0.3, 0.4) is 0 Å². The van der Waals surface area contributed by atoms with E-state index in [1.54, 1.807) is 6.92 Å². The number of ketones is 1. The maximum Gasteiger partial charge on any atom is 0.155 e. The lowest BCUT2D eigenvalue weighted by Crippen LogP contribution is -2.18. The molecule has 0 N–H and O–H groups in total. The summed E-state index contributed by atoms with van der Waals surface area (Å²) in [4.78, 5) is 11.2. The molecule has 0 saturated carbocycles. The van der Waals surface area contributed by atoms with Gasteiger partial charge in [-0.2, -0.15) is 0 Å². The predicted octanol–water partition coefficient (Wildman–Crippen LogP) is 4.05. The summed E-state index contributed by atoms with van der Waals surface area (Å²) in [6, 6.07) is 0. The van der Waals surface area contributed by atoms with Gasteiger partial charge in [0.15, 0.2) is 5.78 Å². The number of hydrogen-bond acceptors (Lipinski definition) is 1. The topological polar surface area (TPSA) is 17.1 Å². The first-order valence-corrected chi connectivity index (χ1v) is 5.74. The number of rotatable bonds is 2. The van der Waals surface area contributed by atoms with Crippen molar-refractivity contribution >= 4 is 5.78 Å². The van der Waals surface area contributed by atoms with E-state index in [-0.39, 0.29) is 5.78 Å². The molecule has 15 heavy (non-hydrogen) atoms. The average molecular weight is 206 g/mol. The van der Waals surface area contributed by atoms with Gasteiger partial charge in [-0.15, -0.1) is 0 Å². The Kier molecular flexibility index (Phi) is 3.54. The van der Waals surface area contributed by atoms with Gasteiger partial charge in [-0.3, -0.25) is 4.79 Å². The van der Waals surface area contributed by atoms with Gasteiger partial charge < -0.3 is 0 Å². The molecule has 1 aliphatic carbocycles. The number of allylic oxidation sites excluding steroid dienone is 4. The number of Topliss-reactive ketones (excluding diaryl/α,β-unsaturated/α-hetero) is 1. The lowest BCUT2D eigenvalue weighted by molar-refractivity contribution is -0.113. The Hall–Kier alpha value is -0.850. The van der Waals surface area contributed by atoms with Crippen LogP contribution in [0.1, 0.15) is 53.9 Å². The summed E-state index contributed by atoms with van der Waals surface area (Å²) < 4.78 is 0. The maximum absolute atomic E-state index is 11.2. The van der Waals surface area contributed by atoms with Crippen LogP contribution in [0.25, 0.3) is 0 Å². The molecular weight excluding hydrogens is 184 g/mol. The van der Waals surface area contributed by atoms with Crippen molar-refractivity contribution in [2.45, 2.75) is 53.9 Å². The molecular formula is C14H22O. The minimum absolute atomic E-state index is 0.179. The van der Waals surface area contributed by atoms with E-state index in [2.05, 4.69) is 26.8 Å². The quantitative estimate of drug-likeness (QED) is 0.623. The van der Waals surface area contributed by atoms with Gasteiger partial charge in [-0.1, -0.05) is 25.5 Å². The summed E-state index contributed by atoms with van der Waals surface area (Å²) in [5.41, 5.74) is 4.01. The van der Waals surface area contributed by atoms with Crippen LogP contribution in [0, 0.1) is 5.41 Å². The molecule has 0 spiro atoms. The minimum atomic E-state index is 0.179. The molecule has 1 rings (SSSR count). The van der Waals surface area contributed by atoms with E-state index < -0.39 is 0 Å². The summed E-state index contributed by atoms with van der Waals surface area (Å²) in [7, 11) is 0. The second-order valence-corrected chi connectivity index (χ2v) is 5.27. The molecule has 0 aliphatic heterocycles. The molecule has 1 aliphatic rings. The molecule has 0 atom stereocenters. The van der Waals surface area contributed by atoms with E-state index in [4.69, 9.17) is 0 Å². The van der Waals surface area contributed by atoms with Crippen LogP contribution in [0.15, 0.2) is 22.8 Å². The van der Waals surface area contributed by atoms with E-state index in [1.165, 1.54) is 24.0 Å². The largest absolute Gasteiger partial charge is 0.295 e. The van der Waals surface area contributed by atoms with E-state index in [0.717, 1.165) is 12.0 Å². The van der Waals surface area contributed by atoms with Gasteiger partial charge in [0.25, 0.3) is 0 Å². The van der Waals surface area contributed by atoms with Gasteiger partial charge in [0.05, 0.1) is 0 Å². The van der Waals surface area contributed by atoms with Gasteiger partial charge >= 0.3 is 0 Å². The molecule has 1 nitrogen and oxygen atoms in total. The molecule has 0 aromatic carbocycles. The zero-order chi connectivity index (χ0) is 11.6. The zero-order valence-corrected chi connectivity index (χ0v) is 10.6. The highest BCUT2D eigenvalue weighted by Gasteiger charge is 2.25. The normalized spacial score (nSPS) is 21.8. The van der Waals surface area contributed by atoms with Gasteiger partial charge in [-0.05, 0) is 56.6 Å². The minimum Gasteiger partial charge on any atom is -0.295 e. The smallest absolute Gasteiger partial charge is 0.155 e. The third-order valence-corrected chi connectivity index (χ3v) is 3.69. The average Bonchev–Trinajstić information content (AvgIpc) is 2.12. The van der Waals surface area contributed by atoms with Crippen LogP contribution in [0.2, 0.25) is 0 Å². The highest BCUT2D eigenvalue weighted by molar-refractivity contribution is 5.93. The summed E-state index contributed by atoms with van der Waals surface area (Å²) in [6.45, 7) is 10.3. The lowest BCUT2D eigenvalue weighted by Gasteiger charge is -2.32. The van der Waals surface area contributed by atoms with Crippen molar-refractivity contribution in [3.8, 4) is 0 Å². The van der Waals surface area contributed by atoms with Crippen LogP contribution >= 0.6 is 0 Å². The van der Waals surface area contributed by atoms with Crippen LogP contribution in [-0.2, 0) is 4.79 Å². The van der Waals surface area contributed by atoms with Crippen molar-refractivity contribution in [2.24, 2.45) is 5.41 Å². The molecule has 0 aromatic heterocycles. The molecule has 84 valence electrons. The van der Waals surface area contributed by atoms with E-state index >= 15 is 0 Å². The molecule has 0 fully saturated rings. The third-order valence-electron chi connectivity index (χ3n) is 3.69. The molecule has 1 heteroatoms. The lowest BCUT2D eigenvalue weighted by atomic mass is 9.73. The second-order valence-electron chi connectivity index (χ2n) is 5.27. The Labute approximate surface area is 93.3 Å². The third kappa shape index (κ3) is 2.80. The van der Waals surface area contributed by atoms with Crippen molar-refractivity contribution in [1.82, 2.24) is 0 Å². The zero-order valence-electron chi connectivity index (χ0n) is 10.6. The highest BCUT2D eigenvalue weighted by atomic mass is 16.1. The van der Waals surface area contributed by atoms with E-state index in [1.807, 2.05) is 6.92 Å². The van der Waals surface area contributed by atoms with Crippen LogP contribution in [-0.4, -0.2) is 5.78 Å². The fourth-order valence-electron chi connectivity index (χ4n) is 2.07. The standard InChI is InChI=1S/C14H22O/c1-10(12(3)15)9-13-7-6-8-14(4,5)11(13)2/h9H,6-8H2,1-5H3/b10-9+. The summed E-state index contributed by atoms with van der Waals surface area (Å²) in [5.74, 6) is 0.179. The van der Waals surface area contributed by atoms with Crippen molar-refractivity contribution in [2.75, 3.05) is 0 Å². The molecule has 0 amide bonds. The molecule has 0 heterocycles. The number of carbonyl (C=O) groups excluding carboxylic acids is 1. The van der Waals surface area contributed by atoms with Crippen molar-refractivity contribution < 1.29 is 4.79 Å². The molecule has 0 unspecified atom stereocenters. The first-order chi connectivity index (χ1) is 6.84. The summed E-state index contributed by atoms with van der Waals surface area (Å²) >= 11 is 0. The van der Waals surface area contributed by atoms with Gasteiger partial charge in [0, 0.05) is 0 Å². The van der Waals surface area contributed by atoms with Crippen molar-refractivity contribution in [3.05, 3.63) is 22.8 Å². The number of carbonyl (C=O) groups is 1. The highest BCUT2D eigenvalue weighted by Crippen LogP contribution is 2.40. The van der Waals surface area contributed by atoms with E-state index in [0.29, 0.717) is 5.41 Å². The van der Waals surface area contributed by atoms with Gasteiger partial charge in [0.1, 0.15) is 0 Å². The summed E-state index contributed by atoms with van der Waals surface area (Å²) in [6.07, 6.45) is 5.70. The Balaban J connectivity index is 3.04. The Morgan fingerprint density at radius 3 is 2.47 bits per heavy atom.